The summed E-state index contributed by atoms with van der Waals surface area (Å²) in [6.07, 6.45) is 3.33. The van der Waals surface area contributed by atoms with E-state index in [0.29, 0.717) is 11.7 Å². The third kappa shape index (κ3) is 6.55. The Morgan fingerprint density at radius 2 is 2.03 bits per heavy atom. The molecule has 0 aliphatic carbocycles. The van der Waals surface area contributed by atoms with Crippen molar-refractivity contribution in [2.45, 2.75) is 32.3 Å². The largest absolute Gasteiger partial charge is 0.497 e. The number of aryl methyl sites for hydroxylation is 1. The van der Waals surface area contributed by atoms with Gasteiger partial charge in [-0.2, -0.15) is 0 Å². The molecule has 4 N–H and O–H groups in total. The Kier molecular flexibility index (Phi) is 9.70. The first-order valence-corrected chi connectivity index (χ1v) is 10.5. The molecular weight excluding hydrogens is 523 g/mol. The molecule has 0 bridgehead atoms. The van der Waals surface area contributed by atoms with E-state index in [-0.39, 0.29) is 30.5 Å². The molecule has 3 rings (SSSR count). The van der Waals surface area contributed by atoms with E-state index in [1.54, 1.807) is 39.5 Å². The van der Waals surface area contributed by atoms with E-state index >= 15 is 0 Å². The Hall–Kier alpha value is -2.40. The monoisotopic (exact) mass is 556 g/mol. The van der Waals surface area contributed by atoms with Crippen molar-refractivity contribution in [3.05, 3.63) is 48.0 Å². The van der Waals surface area contributed by atoms with Crippen LogP contribution < -0.4 is 20.1 Å². The number of nitrogens with one attached hydrogen (secondary N) is 3. The van der Waals surface area contributed by atoms with Crippen molar-refractivity contribution >= 4 is 40.8 Å². The predicted octanol–water partition coefficient (Wildman–Crippen LogP) is 3.79. The number of aromatic nitrogens is 1. The van der Waals surface area contributed by atoms with Gasteiger partial charge in [0.25, 0.3) is 0 Å². The minimum Gasteiger partial charge on any atom is -0.497 e. The number of halogens is 1. The summed E-state index contributed by atoms with van der Waals surface area (Å²) in [5.74, 6) is 2.71. The smallest absolute Gasteiger partial charge is 0.191 e. The Labute approximate surface area is 205 Å². The fourth-order valence-electron chi connectivity index (χ4n) is 3.38. The van der Waals surface area contributed by atoms with E-state index < -0.39 is 5.60 Å². The van der Waals surface area contributed by atoms with Gasteiger partial charge in [0, 0.05) is 36.3 Å². The molecule has 176 valence electrons. The van der Waals surface area contributed by atoms with E-state index in [1.807, 2.05) is 19.1 Å². The highest BCUT2D eigenvalue weighted by Gasteiger charge is 2.26. The van der Waals surface area contributed by atoms with Gasteiger partial charge in [-0.1, -0.05) is 0 Å². The number of ether oxygens (including phenoxy) is 2. The number of hydrogen-bond acceptors (Lipinski definition) is 5. The van der Waals surface area contributed by atoms with Crippen LogP contribution in [-0.2, 0) is 12.0 Å². The van der Waals surface area contributed by atoms with Crippen LogP contribution in [0.25, 0.3) is 10.9 Å². The van der Waals surface area contributed by atoms with Gasteiger partial charge >= 0.3 is 0 Å². The molecule has 0 radical (unpaired) electrons. The second-order valence-corrected chi connectivity index (χ2v) is 7.56. The number of aliphatic imine (C=N–C) groups is 1. The Bertz CT molecular complexity index is 999. The first kappa shape index (κ1) is 25.9. The van der Waals surface area contributed by atoms with Gasteiger partial charge in [0.1, 0.15) is 22.9 Å². The SMILES string of the molecule is CCNC(=NCC(C)(O)c1ccco1)NCCCc1cc2c(OC)cc(OC)cc2[nH]1.I. The van der Waals surface area contributed by atoms with Gasteiger partial charge in [0.05, 0.1) is 32.5 Å². The summed E-state index contributed by atoms with van der Waals surface area (Å²) in [7, 11) is 3.31. The topological polar surface area (TPSA) is 104 Å². The molecule has 0 aliphatic rings. The zero-order chi connectivity index (χ0) is 22.3. The molecule has 1 aromatic carbocycles. The number of aromatic amines is 1. The normalized spacial score (nSPS) is 13.3. The lowest BCUT2D eigenvalue weighted by Crippen LogP contribution is -2.39. The number of hydrogen-bond donors (Lipinski definition) is 4. The first-order valence-electron chi connectivity index (χ1n) is 10.5. The molecule has 0 amide bonds. The highest BCUT2D eigenvalue weighted by atomic mass is 127. The lowest BCUT2D eigenvalue weighted by Gasteiger charge is -2.19. The number of benzene rings is 1. The van der Waals surface area contributed by atoms with Crippen molar-refractivity contribution in [1.29, 1.82) is 0 Å². The molecule has 0 saturated heterocycles. The van der Waals surface area contributed by atoms with Gasteiger partial charge in [-0.15, -0.1) is 24.0 Å². The molecule has 9 heteroatoms. The lowest BCUT2D eigenvalue weighted by atomic mass is 10.0. The van der Waals surface area contributed by atoms with Crippen molar-refractivity contribution in [3.63, 3.8) is 0 Å². The molecular formula is C23H33IN4O4. The van der Waals surface area contributed by atoms with Crippen molar-refractivity contribution in [2.75, 3.05) is 33.9 Å². The van der Waals surface area contributed by atoms with Crippen LogP contribution in [0.1, 0.15) is 31.7 Å². The summed E-state index contributed by atoms with van der Waals surface area (Å²) >= 11 is 0. The van der Waals surface area contributed by atoms with Crippen LogP contribution in [0.3, 0.4) is 0 Å². The summed E-state index contributed by atoms with van der Waals surface area (Å²) in [6.45, 7) is 5.37. The van der Waals surface area contributed by atoms with Gasteiger partial charge in [-0.3, -0.25) is 0 Å². The van der Waals surface area contributed by atoms with E-state index in [0.717, 1.165) is 54.0 Å². The number of nitrogens with zero attached hydrogens (tertiary/aromatic N) is 1. The molecule has 0 spiro atoms. The quantitative estimate of drug-likeness (QED) is 0.131. The van der Waals surface area contributed by atoms with Crippen molar-refractivity contribution < 1.29 is 19.0 Å². The zero-order valence-corrected chi connectivity index (χ0v) is 21.4. The molecule has 0 saturated carbocycles. The van der Waals surface area contributed by atoms with Crippen molar-refractivity contribution in [2.24, 2.45) is 4.99 Å². The fraction of sp³-hybridized carbons (Fsp3) is 0.435. The summed E-state index contributed by atoms with van der Waals surface area (Å²) in [6, 6.07) is 9.49. The van der Waals surface area contributed by atoms with Crippen LogP contribution in [-0.4, -0.2) is 49.9 Å². The van der Waals surface area contributed by atoms with Crippen molar-refractivity contribution in [3.8, 4) is 11.5 Å². The second-order valence-electron chi connectivity index (χ2n) is 7.56. The summed E-state index contributed by atoms with van der Waals surface area (Å²) in [5.41, 5.74) is 0.969. The van der Waals surface area contributed by atoms with Gasteiger partial charge in [-0.25, -0.2) is 4.99 Å². The molecule has 8 nitrogen and oxygen atoms in total. The van der Waals surface area contributed by atoms with Crippen LogP contribution in [0.15, 0.2) is 46.0 Å². The Morgan fingerprint density at radius 1 is 1.22 bits per heavy atom. The van der Waals surface area contributed by atoms with E-state index in [4.69, 9.17) is 13.9 Å². The van der Waals surface area contributed by atoms with Gasteiger partial charge < -0.3 is 34.6 Å². The van der Waals surface area contributed by atoms with Gasteiger partial charge in [0.2, 0.25) is 0 Å². The maximum atomic E-state index is 10.6. The lowest BCUT2D eigenvalue weighted by molar-refractivity contribution is 0.0437. The maximum absolute atomic E-state index is 10.6. The summed E-state index contributed by atoms with van der Waals surface area (Å²) in [5, 5.41) is 18.2. The minimum absolute atomic E-state index is 0. The zero-order valence-electron chi connectivity index (χ0n) is 19.0. The molecule has 2 aromatic heterocycles. The number of methoxy groups -OCH3 is 2. The second kappa shape index (κ2) is 12.0. The van der Waals surface area contributed by atoms with E-state index in [1.165, 1.54) is 0 Å². The minimum atomic E-state index is -1.16. The number of guanidine groups is 1. The number of fused-ring (bicyclic) bond motifs is 1. The average molecular weight is 556 g/mol. The first-order chi connectivity index (χ1) is 15.0. The summed E-state index contributed by atoms with van der Waals surface area (Å²) < 4.78 is 16.1. The highest BCUT2D eigenvalue weighted by Crippen LogP contribution is 2.31. The number of rotatable bonds is 10. The molecule has 0 fully saturated rings. The summed E-state index contributed by atoms with van der Waals surface area (Å²) in [4.78, 5) is 7.95. The number of aliphatic hydroxyl groups is 1. The van der Waals surface area contributed by atoms with Crippen LogP contribution >= 0.6 is 24.0 Å². The molecule has 2 heterocycles. The molecule has 1 unspecified atom stereocenters. The van der Waals surface area contributed by atoms with Crippen LogP contribution in [0.2, 0.25) is 0 Å². The van der Waals surface area contributed by atoms with E-state index in [9.17, 15) is 5.11 Å². The van der Waals surface area contributed by atoms with Crippen molar-refractivity contribution in [1.82, 2.24) is 15.6 Å². The third-order valence-corrected chi connectivity index (χ3v) is 5.04. The van der Waals surface area contributed by atoms with Crippen LogP contribution in [0, 0.1) is 0 Å². The molecule has 0 aliphatic heterocycles. The predicted molar refractivity (Wildman–Crippen MR) is 137 cm³/mol. The number of H-pyrrole nitrogens is 1. The van der Waals surface area contributed by atoms with Crippen LogP contribution in [0.4, 0.5) is 0 Å². The molecule has 32 heavy (non-hydrogen) atoms. The Morgan fingerprint density at radius 3 is 2.69 bits per heavy atom. The third-order valence-electron chi connectivity index (χ3n) is 5.04. The maximum Gasteiger partial charge on any atom is 0.191 e. The standard InChI is InChI=1S/C23H32N4O4.HI/c1-5-24-22(26-15-23(2,28)21-9-7-11-31-21)25-10-6-8-16-12-18-19(27-16)13-17(29-3)14-20(18)30-4;/h7,9,11-14,27-28H,5-6,8,10,15H2,1-4H3,(H2,24,25,26);1H. The molecule has 1 atom stereocenters. The van der Waals surface area contributed by atoms with E-state index in [2.05, 4.69) is 26.7 Å². The highest BCUT2D eigenvalue weighted by molar-refractivity contribution is 14.0. The van der Waals surface area contributed by atoms with Gasteiger partial charge in [0.15, 0.2) is 5.96 Å². The number of furan rings is 1. The van der Waals surface area contributed by atoms with Gasteiger partial charge in [-0.05, 0) is 44.9 Å². The molecule has 3 aromatic rings. The average Bonchev–Trinajstić information content (AvgIpc) is 3.44. The fourth-order valence-corrected chi connectivity index (χ4v) is 3.38. The Balaban J connectivity index is 0.00000363. The van der Waals surface area contributed by atoms with Crippen LogP contribution in [0.5, 0.6) is 11.5 Å².